The maximum atomic E-state index is 4.36. The first kappa shape index (κ1) is 14.7. The predicted molar refractivity (Wildman–Crippen MR) is 78.1 cm³/mol. The summed E-state index contributed by atoms with van der Waals surface area (Å²) < 4.78 is 0. The third kappa shape index (κ3) is 4.51. The van der Waals surface area contributed by atoms with E-state index >= 15 is 0 Å². The van der Waals surface area contributed by atoms with E-state index < -0.39 is 0 Å². The maximum Gasteiger partial charge on any atom is 0.134 e. The highest BCUT2D eigenvalue weighted by Gasteiger charge is 2.09. The van der Waals surface area contributed by atoms with Crippen LogP contribution in [-0.2, 0) is 6.42 Å². The molecule has 4 nitrogen and oxygen atoms in total. The van der Waals surface area contributed by atoms with E-state index in [1.807, 2.05) is 7.05 Å². The standard InChI is InChI=1S/C14H26N4/c1-5-7-12-13(15-4)17-10-18-14(12)16-9-6-8-11(2)3/h10-11H,5-9H2,1-4H3,(H2,15,16,17,18). The van der Waals surface area contributed by atoms with Crippen LogP contribution in [0.25, 0.3) is 0 Å². The molecular formula is C14H26N4. The molecule has 0 radical (unpaired) electrons. The number of hydrogen-bond acceptors (Lipinski definition) is 4. The van der Waals surface area contributed by atoms with Gasteiger partial charge in [-0.2, -0.15) is 0 Å². The van der Waals surface area contributed by atoms with Crippen LogP contribution in [-0.4, -0.2) is 23.6 Å². The van der Waals surface area contributed by atoms with Crippen LogP contribution in [0.3, 0.4) is 0 Å². The van der Waals surface area contributed by atoms with Crippen LogP contribution in [0.2, 0.25) is 0 Å². The van der Waals surface area contributed by atoms with E-state index in [1.165, 1.54) is 18.4 Å². The summed E-state index contributed by atoms with van der Waals surface area (Å²) in [6.45, 7) is 7.67. The van der Waals surface area contributed by atoms with Crippen molar-refractivity contribution in [3.63, 3.8) is 0 Å². The molecule has 1 rings (SSSR count). The van der Waals surface area contributed by atoms with Crippen molar-refractivity contribution in [2.24, 2.45) is 5.92 Å². The molecule has 1 aromatic heterocycles. The molecule has 0 unspecified atom stereocenters. The third-order valence-electron chi connectivity index (χ3n) is 2.93. The van der Waals surface area contributed by atoms with Crippen molar-refractivity contribution >= 4 is 11.6 Å². The molecular weight excluding hydrogens is 224 g/mol. The van der Waals surface area contributed by atoms with Crippen LogP contribution in [0.5, 0.6) is 0 Å². The Labute approximate surface area is 111 Å². The summed E-state index contributed by atoms with van der Waals surface area (Å²) in [7, 11) is 1.91. The second-order valence-corrected chi connectivity index (χ2v) is 5.01. The van der Waals surface area contributed by atoms with E-state index in [1.54, 1.807) is 6.33 Å². The molecule has 0 amide bonds. The van der Waals surface area contributed by atoms with Crippen LogP contribution in [0, 0.1) is 5.92 Å². The molecule has 0 aliphatic carbocycles. The monoisotopic (exact) mass is 250 g/mol. The van der Waals surface area contributed by atoms with Crippen LogP contribution in [0.15, 0.2) is 6.33 Å². The van der Waals surface area contributed by atoms with Gasteiger partial charge < -0.3 is 10.6 Å². The molecule has 102 valence electrons. The lowest BCUT2D eigenvalue weighted by molar-refractivity contribution is 0.566. The summed E-state index contributed by atoms with van der Waals surface area (Å²) in [4.78, 5) is 8.63. The van der Waals surface area contributed by atoms with Crippen molar-refractivity contribution in [1.29, 1.82) is 0 Å². The fourth-order valence-corrected chi connectivity index (χ4v) is 1.98. The van der Waals surface area contributed by atoms with Gasteiger partial charge in [0, 0.05) is 19.2 Å². The van der Waals surface area contributed by atoms with E-state index in [0.717, 1.165) is 36.9 Å². The zero-order valence-electron chi connectivity index (χ0n) is 12.1. The first-order valence-electron chi connectivity index (χ1n) is 6.94. The zero-order valence-corrected chi connectivity index (χ0v) is 12.1. The Morgan fingerprint density at radius 3 is 2.56 bits per heavy atom. The molecule has 18 heavy (non-hydrogen) atoms. The van der Waals surface area contributed by atoms with Gasteiger partial charge in [-0.3, -0.25) is 0 Å². The summed E-state index contributed by atoms with van der Waals surface area (Å²) in [5.41, 5.74) is 1.20. The molecule has 4 heteroatoms. The second kappa shape index (κ2) is 7.90. The summed E-state index contributed by atoms with van der Waals surface area (Å²) in [6.07, 6.45) is 6.16. The van der Waals surface area contributed by atoms with E-state index in [4.69, 9.17) is 0 Å². The quantitative estimate of drug-likeness (QED) is 0.695. The van der Waals surface area contributed by atoms with Gasteiger partial charge in [0.1, 0.15) is 18.0 Å². The Hall–Kier alpha value is -1.32. The molecule has 0 bridgehead atoms. The highest BCUT2D eigenvalue weighted by molar-refractivity contribution is 5.57. The minimum atomic E-state index is 0.764. The lowest BCUT2D eigenvalue weighted by Crippen LogP contribution is -2.10. The highest BCUT2D eigenvalue weighted by atomic mass is 15.1. The van der Waals surface area contributed by atoms with Gasteiger partial charge in [-0.1, -0.05) is 27.2 Å². The highest BCUT2D eigenvalue weighted by Crippen LogP contribution is 2.21. The summed E-state index contributed by atoms with van der Waals surface area (Å²) in [6, 6.07) is 0. The van der Waals surface area contributed by atoms with Crippen molar-refractivity contribution in [1.82, 2.24) is 9.97 Å². The normalized spacial score (nSPS) is 10.7. The smallest absolute Gasteiger partial charge is 0.134 e. The number of rotatable bonds is 8. The van der Waals surface area contributed by atoms with Crippen molar-refractivity contribution in [3.05, 3.63) is 11.9 Å². The van der Waals surface area contributed by atoms with Crippen molar-refractivity contribution in [2.45, 2.75) is 46.5 Å². The Balaban J connectivity index is 2.63. The number of hydrogen-bond donors (Lipinski definition) is 2. The molecule has 0 atom stereocenters. The molecule has 0 saturated heterocycles. The Morgan fingerprint density at radius 2 is 1.94 bits per heavy atom. The van der Waals surface area contributed by atoms with E-state index in [2.05, 4.69) is 41.4 Å². The van der Waals surface area contributed by atoms with Crippen molar-refractivity contribution in [2.75, 3.05) is 24.2 Å². The summed E-state index contributed by atoms with van der Waals surface area (Å²) in [5, 5.41) is 6.58. The maximum absolute atomic E-state index is 4.36. The largest absolute Gasteiger partial charge is 0.373 e. The van der Waals surface area contributed by atoms with Crippen LogP contribution in [0.4, 0.5) is 11.6 Å². The van der Waals surface area contributed by atoms with Crippen LogP contribution < -0.4 is 10.6 Å². The topological polar surface area (TPSA) is 49.8 Å². The van der Waals surface area contributed by atoms with Crippen molar-refractivity contribution in [3.8, 4) is 0 Å². The van der Waals surface area contributed by atoms with Gasteiger partial charge in [0.05, 0.1) is 0 Å². The molecule has 1 aromatic rings. The van der Waals surface area contributed by atoms with E-state index in [-0.39, 0.29) is 0 Å². The third-order valence-corrected chi connectivity index (χ3v) is 2.93. The molecule has 2 N–H and O–H groups in total. The van der Waals surface area contributed by atoms with Crippen LogP contribution in [0.1, 0.15) is 45.6 Å². The second-order valence-electron chi connectivity index (χ2n) is 5.01. The first-order chi connectivity index (χ1) is 8.69. The van der Waals surface area contributed by atoms with Crippen LogP contribution >= 0.6 is 0 Å². The van der Waals surface area contributed by atoms with Crippen molar-refractivity contribution < 1.29 is 0 Å². The SMILES string of the molecule is CCCc1c(NC)ncnc1NCCCC(C)C. The number of anilines is 2. The zero-order chi connectivity index (χ0) is 13.4. The first-order valence-corrected chi connectivity index (χ1v) is 6.94. The molecule has 1 heterocycles. The molecule has 0 aliphatic heterocycles. The number of nitrogens with one attached hydrogen (secondary N) is 2. The Kier molecular flexibility index (Phi) is 6.47. The number of nitrogens with zero attached hydrogens (tertiary/aromatic N) is 2. The average Bonchev–Trinajstić information content (AvgIpc) is 2.36. The average molecular weight is 250 g/mol. The van der Waals surface area contributed by atoms with Gasteiger partial charge in [-0.25, -0.2) is 9.97 Å². The van der Waals surface area contributed by atoms with Gasteiger partial charge >= 0.3 is 0 Å². The molecule has 0 fully saturated rings. The van der Waals surface area contributed by atoms with Gasteiger partial charge in [-0.05, 0) is 25.2 Å². The van der Waals surface area contributed by atoms with Gasteiger partial charge in [0.2, 0.25) is 0 Å². The summed E-state index contributed by atoms with van der Waals surface area (Å²) in [5.74, 6) is 2.69. The lowest BCUT2D eigenvalue weighted by Gasteiger charge is -2.13. The Morgan fingerprint density at radius 1 is 1.22 bits per heavy atom. The molecule has 0 spiro atoms. The fourth-order valence-electron chi connectivity index (χ4n) is 1.98. The molecule has 0 saturated carbocycles. The van der Waals surface area contributed by atoms with Gasteiger partial charge in [0.15, 0.2) is 0 Å². The molecule has 0 aromatic carbocycles. The van der Waals surface area contributed by atoms with E-state index in [0.29, 0.717) is 0 Å². The fraction of sp³-hybridized carbons (Fsp3) is 0.714. The minimum absolute atomic E-state index is 0.764. The lowest BCUT2D eigenvalue weighted by atomic mass is 10.1. The number of aromatic nitrogens is 2. The van der Waals surface area contributed by atoms with Gasteiger partial charge in [-0.15, -0.1) is 0 Å². The predicted octanol–water partition coefficient (Wildman–Crippen LogP) is 3.32. The Bertz CT molecular complexity index is 350. The van der Waals surface area contributed by atoms with E-state index in [9.17, 15) is 0 Å². The molecule has 0 aliphatic rings. The van der Waals surface area contributed by atoms with Gasteiger partial charge in [0.25, 0.3) is 0 Å². The minimum Gasteiger partial charge on any atom is -0.373 e. The summed E-state index contributed by atoms with van der Waals surface area (Å²) >= 11 is 0.